The third-order valence-corrected chi connectivity index (χ3v) is 5.00. The van der Waals surface area contributed by atoms with Crippen LogP contribution in [0.5, 0.6) is 17.2 Å². The van der Waals surface area contributed by atoms with Crippen LogP contribution in [0, 0.1) is 0 Å². The number of aliphatic carboxylic acids is 1. The lowest BCUT2D eigenvalue weighted by Gasteiger charge is -2.22. The molecule has 0 unspecified atom stereocenters. The van der Waals surface area contributed by atoms with E-state index in [1.165, 1.54) is 0 Å². The highest BCUT2D eigenvalue weighted by molar-refractivity contribution is 9.10. The Balaban J connectivity index is 2.53. The minimum atomic E-state index is -1.01. The lowest BCUT2D eigenvalue weighted by Crippen LogP contribution is -2.32. The Bertz CT molecular complexity index is 804. The van der Waals surface area contributed by atoms with Crippen molar-refractivity contribution < 1.29 is 19.7 Å². The summed E-state index contributed by atoms with van der Waals surface area (Å²) in [6, 6.07) is 8.02. The van der Waals surface area contributed by atoms with Crippen LogP contribution in [0.3, 0.4) is 0 Å². The van der Waals surface area contributed by atoms with Gasteiger partial charge < -0.3 is 20.7 Å². The van der Waals surface area contributed by atoms with Gasteiger partial charge in [-0.3, -0.25) is 4.79 Å². The van der Waals surface area contributed by atoms with E-state index in [4.69, 9.17) is 15.6 Å². The van der Waals surface area contributed by atoms with Crippen LogP contribution in [-0.2, 0) is 11.2 Å². The van der Waals surface area contributed by atoms with Gasteiger partial charge in [0.1, 0.15) is 23.3 Å². The maximum Gasteiger partial charge on any atom is 0.320 e. The molecule has 0 saturated carbocycles. The van der Waals surface area contributed by atoms with Crippen LogP contribution in [0.2, 0.25) is 0 Å². The molecule has 27 heavy (non-hydrogen) atoms. The zero-order chi connectivity index (χ0) is 20.3. The first-order valence-corrected chi connectivity index (χ1v) is 9.70. The summed E-state index contributed by atoms with van der Waals surface area (Å²) in [7, 11) is 0. The van der Waals surface area contributed by atoms with Gasteiger partial charge in [-0.05, 0) is 69.1 Å². The van der Waals surface area contributed by atoms with Crippen molar-refractivity contribution in [1.29, 1.82) is 0 Å². The summed E-state index contributed by atoms with van der Waals surface area (Å²) >= 11 is 3.31. The molecule has 0 aromatic heterocycles. The highest BCUT2D eigenvalue weighted by Crippen LogP contribution is 2.40. The molecule has 146 valence electrons. The zero-order valence-corrected chi connectivity index (χ0v) is 17.6. The van der Waals surface area contributed by atoms with Gasteiger partial charge in [0.2, 0.25) is 0 Å². The normalized spacial score (nSPS) is 12.4. The first-order valence-electron chi connectivity index (χ1n) is 8.91. The Hall–Kier alpha value is -2.05. The van der Waals surface area contributed by atoms with Gasteiger partial charge in [0.05, 0.1) is 4.47 Å². The summed E-state index contributed by atoms with van der Waals surface area (Å²) < 4.78 is 6.77. The number of nitrogens with two attached hydrogens (primary N) is 1. The summed E-state index contributed by atoms with van der Waals surface area (Å²) in [5.74, 6) is 0.872. The lowest BCUT2D eigenvalue weighted by molar-refractivity contribution is -0.138. The largest absolute Gasteiger partial charge is 0.507 e. The molecule has 2 aromatic carbocycles. The van der Waals surface area contributed by atoms with Crippen LogP contribution < -0.4 is 10.5 Å². The first-order chi connectivity index (χ1) is 12.6. The minimum Gasteiger partial charge on any atom is -0.507 e. The SMILES string of the molecule is CC(C)c1cc(C[C@H](N)C(=O)O)cc(C(C)C)c1Oc1ccc(O)c(Br)c1. The molecule has 0 amide bonds. The monoisotopic (exact) mass is 435 g/mol. The van der Waals surface area contributed by atoms with Crippen molar-refractivity contribution in [3.63, 3.8) is 0 Å². The number of hydrogen-bond donors (Lipinski definition) is 3. The van der Waals surface area contributed by atoms with Gasteiger partial charge in [-0.15, -0.1) is 0 Å². The molecule has 0 spiro atoms. The summed E-state index contributed by atoms with van der Waals surface area (Å²) in [5.41, 5.74) is 8.62. The predicted molar refractivity (Wildman–Crippen MR) is 110 cm³/mol. The zero-order valence-electron chi connectivity index (χ0n) is 16.0. The van der Waals surface area contributed by atoms with Crippen LogP contribution in [-0.4, -0.2) is 22.2 Å². The van der Waals surface area contributed by atoms with Gasteiger partial charge >= 0.3 is 5.97 Å². The van der Waals surface area contributed by atoms with E-state index in [1.807, 2.05) is 12.1 Å². The maximum absolute atomic E-state index is 11.1. The van der Waals surface area contributed by atoms with Gasteiger partial charge in [-0.1, -0.05) is 39.8 Å². The van der Waals surface area contributed by atoms with E-state index in [0.29, 0.717) is 10.2 Å². The minimum absolute atomic E-state index is 0.147. The first kappa shape index (κ1) is 21.3. The molecule has 2 rings (SSSR count). The van der Waals surface area contributed by atoms with Crippen LogP contribution in [0.15, 0.2) is 34.8 Å². The second-order valence-corrected chi connectivity index (χ2v) is 8.13. The standard InChI is InChI=1S/C21H26BrNO4/c1-11(2)15-7-13(9-18(23)21(25)26)8-16(12(3)4)20(15)27-14-5-6-19(24)17(22)10-14/h5-8,10-12,18,24H,9,23H2,1-4H3,(H,25,26)/t18-/m0/s1. The molecule has 0 heterocycles. The fourth-order valence-corrected chi connectivity index (χ4v) is 3.20. The van der Waals surface area contributed by atoms with Crippen molar-refractivity contribution in [3.05, 3.63) is 51.5 Å². The van der Waals surface area contributed by atoms with E-state index >= 15 is 0 Å². The van der Waals surface area contributed by atoms with Crippen LogP contribution >= 0.6 is 15.9 Å². The fourth-order valence-electron chi connectivity index (χ4n) is 2.84. The number of carboxylic acid groups (broad SMARTS) is 1. The molecule has 0 aliphatic carbocycles. The van der Waals surface area contributed by atoms with E-state index in [2.05, 4.69) is 43.6 Å². The molecular formula is C21H26BrNO4. The Morgan fingerprint density at radius 1 is 1.11 bits per heavy atom. The van der Waals surface area contributed by atoms with Crippen molar-refractivity contribution in [1.82, 2.24) is 0 Å². The third kappa shape index (κ3) is 5.23. The quantitative estimate of drug-likeness (QED) is 0.558. The van der Waals surface area contributed by atoms with Crippen LogP contribution in [0.25, 0.3) is 0 Å². The molecule has 4 N–H and O–H groups in total. The number of phenols is 1. The average Bonchev–Trinajstić information content (AvgIpc) is 2.58. The molecular weight excluding hydrogens is 410 g/mol. The van der Waals surface area contributed by atoms with Gasteiger partial charge in [-0.25, -0.2) is 0 Å². The topological polar surface area (TPSA) is 92.8 Å². The molecule has 0 aliphatic rings. The van der Waals surface area contributed by atoms with E-state index < -0.39 is 12.0 Å². The van der Waals surface area contributed by atoms with E-state index in [1.54, 1.807) is 18.2 Å². The third-order valence-electron chi connectivity index (χ3n) is 4.36. The van der Waals surface area contributed by atoms with Crippen molar-refractivity contribution >= 4 is 21.9 Å². The van der Waals surface area contributed by atoms with Crippen LogP contribution in [0.1, 0.15) is 56.2 Å². The van der Waals surface area contributed by atoms with Gasteiger partial charge in [0.15, 0.2) is 0 Å². The van der Waals surface area contributed by atoms with Crippen molar-refractivity contribution in [2.45, 2.75) is 52.0 Å². The smallest absolute Gasteiger partial charge is 0.320 e. The molecule has 0 fully saturated rings. The van der Waals surface area contributed by atoms with Gasteiger partial charge in [-0.2, -0.15) is 0 Å². The molecule has 6 heteroatoms. The van der Waals surface area contributed by atoms with Crippen molar-refractivity contribution in [2.75, 3.05) is 0 Å². The number of aromatic hydroxyl groups is 1. The Labute approximate surface area is 168 Å². The second kappa shape index (κ2) is 8.76. The van der Waals surface area contributed by atoms with Crippen LogP contribution in [0.4, 0.5) is 0 Å². The number of benzene rings is 2. The van der Waals surface area contributed by atoms with Crippen molar-refractivity contribution in [2.24, 2.45) is 5.73 Å². The number of hydrogen-bond acceptors (Lipinski definition) is 4. The van der Waals surface area contributed by atoms with Gasteiger partial charge in [0, 0.05) is 0 Å². The number of carboxylic acids is 1. The Morgan fingerprint density at radius 3 is 2.11 bits per heavy atom. The summed E-state index contributed by atoms with van der Waals surface area (Å²) in [5, 5.41) is 18.8. The number of phenolic OH excluding ortho intramolecular Hbond substituents is 1. The summed E-state index contributed by atoms with van der Waals surface area (Å²) in [4.78, 5) is 11.1. The van der Waals surface area contributed by atoms with Gasteiger partial charge in [0.25, 0.3) is 0 Å². The van der Waals surface area contributed by atoms with E-state index in [0.717, 1.165) is 22.4 Å². The molecule has 0 saturated heterocycles. The second-order valence-electron chi connectivity index (χ2n) is 7.28. The van der Waals surface area contributed by atoms with E-state index in [-0.39, 0.29) is 24.0 Å². The Morgan fingerprint density at radius 2 is 1.67 bits per heavy atom. The molecule has 1 atom stereocenters. The highest BCUT2D eigenvalue weighted by Gasteiger charge is 2.20. The number of halogens is 1. The fraction of sp³-hybridized carbons (Fsp3) is 0.381. The van der Waals surface area contributed by atoms with Crippen molar-refractivity contribution in [3.8, 4) is 17.2 Å². The highest BCUT2D eigenvalue weighted by atomic mass is 79.9. The molecule has 2 aromatic rings. The van der Waals surface area contributed by atoms with E-state index in [9.17, 15) is 9.90 Å². The molecule has 0 aliphatic heterocycles. The summed E-state index contributed by atoms with van der Waals surface area (Å²) in [6.07, 6.45) is 0.264. The predicted octanol–water partition coefficient (Wildman–Crippen LogP) is 5.15. The number of ether oxygens (including phenoxy) is 1. The Kier molecular flexibility index (Phi) is 6.89. The summed E-state index contributed by atoms with van der Waals surface area (Å²) in [6.45, 7) is 8.28. The molecule has 0 radical (unpaired) electrons. The number of carbonyl (C=O) groups is 1. The average molecular weight is 436 g/mol. The number of rotatable bonds is 7. The maximum atomic E-state index is 11.1. The lowest BCUT2D eigenvalue weighted by atomic mass is 9.89. The molecule has 5 nitrogen and oxygen atoms in total. The molecule has 0 bridgehead atoms.